The number of hydrogen-bond donors (Lipinski definition) is 1. The molecule has 3 heterocycles. The van der Waals surface area contributed by atoms with Gasteiger partial charge in [-0.15, -0.1) is 12.4 Å². The molecule has 3 aromatic heterocycles. The van der Waals surface area contributed by atoms with Crippen LogP contribution in [-0.4, -0.2) is 20.3 Å². The molecule has 1 saturated carbocycles. The summed E-state index contributed by atoms with van der Waals surface area (Å²) in [6.07, 6.45) is 4.64. The summed E-state index contributed by atoms with van der Waals surface area (Å²) in [5.74, 6) is 2.48. The van der Waals surface area contributed by atoms with Crippen molar-refractivity contribution in [3.8, 4) is 11.5 Å². The number of rotatable bonds is 5. The molecular formula is C16H18ClN5O2S. The number of pyridine rings is 1. The zero-order valence-corrected chi connectivity index (χ0v) is 15.3. The van der Waals surface area contributed by atoms with Crippen molar-refractivity contribution in [2.45, 2.75) is 42.5 Å². The Morgan fingerprint density at radius 3 is 2.80 bits per heavy atom. The molecule has 0 radical (unpaired) electrons. The first-order chi connectivity index (χ1) is 11.6. The minimum atomic E-state index is -0.435. The Kier molecular flexibility index (Phi) is 5.12. The molecule has 4 rings (SSSR count). The maximum absolute atomic E-state index is 6.27. The number of aryl methyl sites for hydroxylation is 1. The highest BCUT2D eigenvalue weighted by molar-refractivity contribution is 7.98. The van der Waals surface area contributed by atoms with Gasteiger partial charge in [-0.2, -0.15) is 4.98 Å². The minimum absolute atomic E-state index is 0. The molecule has 1 aliphatic rings. The monoisotopic (exact) mass is 379 g/mol. The van der Waals surface area contributed by atoms with Crippen molar-refractivity contribution in [2.75, 3.05) is 0 Å². The van der Waals surface area contributed by atoms with Crippen LogP contribution in [0.3, 0.4) is 0 Å². The van der Waals surface area contributed by atoms with Gasteiger partial charge in [0.25, 0.3) is 5.89 Å². The molecule has 0 aliphatic heterocycles. The van der Waals surface area contributed by atoms with E-state index in [9.17, 15) is 0 Å². The molecule has 0 spiro atoms. The van der Waals surface area contributed by atoms with Crippen molar-refractivity contribution in [3.63, 3.8) is 0 Å². The summed E-state index contributed by atoms with van der Waals surface area (Å²) < 4.78 is 10.5. The summed E-state index contributed by atoms with van der Waals surface area (Å²) in [6.45, 7) is 1.87. The highest BCUT2D eigenvalue weighted by Gasteiger charge is 2.39. The molecule has 0 bridgehead atoms. The van der Waals surface area contributed by atoms with Crippen LogP contribution in [0, 0.1) is 6.92 Å². The summed E-state index contributed by atoms with van der Waals surface area (Å²) >= 11 is 1.55. The van der Waals surface area contributed by atoms with E-state index in [2.05, 4.69) is 20.3 Å². The lowest BCUT2D eigenvalue weighted by molar-refractivity contribution is 0.229. The third-order valence-electron chi connectivity index (χ3n) is 4.15. The second-order valence-electron chi connectivity index (χ2n) is 6.01. The van der Waals surface area contributed by atoms with Crippen LogP contribution >= 0.6 is 24.2 Å². The van der Waals surface area contributed by atoms with Crippen molar-refractivity contribution in [1.29, 1.82) is 0 Å². The Morgan fingerprint density at radius 1 is 1.28 bits per heavy atom. The van der Waals surface area contributed by atoms with E-state index in [1.165, 1.54) is 0 Å². The van der Waals surface area contributed by atoms with E-state index < -0.39 is 5.54 Å². The van der Waals surface area contributed by atoms with Gasteiger partial charge in [-0.1, -0.05) is 22.1 Å². The van der Waals surface area contributed by atoms with Crippen LogP contribution in [0.1, 0.15) is 36.5 Å². The number of nitrogens with two attached hydrogens (primary N) is 1. The average Bonchev–Trinajstić information content (AvgIpc) is 3.20. The second-order valence-corrected chi connectivity index (χ2v) is 6.97. The van der Waals surface area contributed by atoms with Crippen LogP contribution < -0.4 is 5.73 Å². The summed E-state index contributed by atoms with van der Waals surface area (Å²) in [4.78, 5) is 8.93. The van der Waals surface area contributed by atoms with E-state index in [0.717, 1.165) is 41.3 Å². The SMILES string of the molecule is Cc1cc(CSc2ncccc2-c2nc(C3(N)CCC3)no2)no1.Cl. The number of halogens is 1. The van der Waals surface area contributed by atoms with Gasteiger partial charge in [0.1, 0.15) is 10.8 Å². The molecule has 132 valence electrons. The van der Waals surface area contributed by atoms with Crippen LogP contribution in [0.5, 0.6) is 0 Å². The van der Waals surface area contributed by atoms with Crippen molar-refractivity contribution in [1.82, 2.24) is 20.3 Å². The fourth-order valence-electron chi connectivity index (χ4n) is 2.61. The lowest BCUT2D eigenvalue weighted by atomic mass is 9.77. The first-order valence-electron chi connectivity index (χ1n) is 7.77. The Hall–Kier alpha value is -1.90. The zero-order chi connectivity index (χ0) is 16.6. The molecule has 25 heavy (non-hydrogen) atoms. The molecule has 0 amide bonds. The summed E-state index contributed by atoms with van der Waals surface area (Å²) in [5.41, 5.74) is 7.51. The van der Waals surface area contributed by atoms with Crippen molar-refractivity contribution < 1.29 is 9.05 Å². The van der Waals surface area contributed by atoms with Crippen LogP contribution in [0.2, 0.25) is 0 Å². The minimum Gasteiger partial charge on any atom is -0.361 e. The summed E-state index contributed by atoms with van der Waals surface area (Å²) in [7, 11) is 0. The van der Waals surface area contributed by atoms with Crippen LogP contribution in [0.15, 0.2) is 38.5 Å². The lowest BCUT2D eigenvalue weighted by Gasteiger charge is -2.34. The maximum atomic E-state index is 6.27. The van der Waals surface area contributed by atoms with E-state index in [-0.39, 0.29) is 12.4 Å². The molecule has 0 unspecified atom stereocenters. The van der Waals surface area contributed by atoms with Gasteiger partial charge in [-0.05, 0) is 38.3 Å². The normalized spacial score (nSPS) is 15.4. The Balaban J connectivity index is 0.00000182. The van der Waals surface area contributed by atoms with E-state index in [1.54, 1.807) is 18.0 Å². The number of thioether (sulfide) groups is 1. The van der Waals surface area contributed by atoms with Crippen molar-refractivity contribution in [3.05, 3.63) is 41.7 Å². The Labute approximate surface area is 155 Å². The average molecular weight is 380 g/mol. The molecule has 9 heteroatoms. The third kappa shape index (κ3) is 3.56. The van der Waals surface area contributed by atoms with Crippen molar-refractivity contribution in [2.24, 2.45) is 5.73 Å². The first kappa shape index (κ1) is 17.9. The quantitative estimate of drug-likeness (QED) is 0.672. The van der Waals surface area contributed by atoms with E-state index in [0.29, 0.717) is 17.5 Å². The summed E-state index contributed by atoms with van der Waals surface area (Å²) in [6, 6.07) is 5.69. The maximum Gasteiger partial charge on any atom is 0.260 e. The lowest BCUT2D eigenvalue weighted by Crippen LogP contribution is -2.44. The number of hydrogen-bond acceptors (Lipinski definition) is 8. The molecule has 1 aliphatic carbocycles. The van der Waals surface area contributed by atoms with Gasteiger partial charge in [0.05, 0.1) is 16.8 Å². The summed E-state index contributed by atoms with van der Waals surface area (Å²) in [5, 5.41) is 8.88. The topological polar surface area (TPSA) is 104 Å². The van der Waals surface area contributed by atoms with Gasteiger partial charge in [0, 0.05) is 18.0 Å². The highest BCUT2D eigenvalue weighted by atomic mass is 35.5. The molecule has 0 saturated heterocycles. The largest absolute Gasteiger partial charge is 0.361 e. The van der Waals surface area contributed by atoms with E-state index >= 15 is 0 Å². The highest BCUT2D eigenvalue weighted by Crippen LogP contribution is 2.38. The predicted molar refractivity (Wildman–Crippen MR) is 95.3 cm³/mol. The van der Waals surface area contributed by atoms with Gasteiger partial charge in [0.2, 0.25) is 0 Å². The fraction of sp³-hybridized carbons (Fsp3) is 0.375. The Morgan fingerprint density at radius 2 is 2.12 bits per heavy atom. The molecule has 3 aromatic rings. The van der Waals surface area contributed by atoms with Crippen LogP contribution in [-0.2, 0) is 11.3 Å². The predicted octanol–water partition coefficient (Wildman–Crippen LogP) is 3.48. The van der Waals surface area contributed by atoms with Gasteiger partial charge < -0.3 is 14.8 Å². The number of nitrogens with zero attached hydrogens (tertiary/aromatic N) is 4. The Bertz CT molecular complexity index is 862. The van der Waals surface area contributed by atoms with Gasteiger partial charge in [0.15, 0.2) is 5.82 Å². The van der Waals surface area contributed by atoms with Crippen molar-refractivity contribution >= 4 is 24.2 Å². The molecule has 2 N–H and O–H groups in total. The van der Waals surface area contributed by atoms with Gasteiger partial charge in [-0.25, -0.2) is 4.98 Å². The zero-order valence-electron chi connectivity index (χ0n) is 13.6. The molecule has 7 nitrogen and oxygen atoms in total. The molecule has 0 aromatic carbocycles. The van der Waals surface area contributed by atoms with Crippen LogP contribution in [0.4, 0.5) is 0 Å². The molecular weight excluding hydrogens is 362 g/mol. The third-order valence-corrected chi connectivity index (χ3v) is 5.19. The second kappa shape index (κ2) is 7.15. The smallest absolute Gasteiger partial charge is 0.260 e. The van der Waals surface area contributed by atoms with Gasteiger partial charge in [-0.3, -0.25) is 0 Å². The molecule has 1 fully saturated rings. The first-order valence-corrected chi connectivity index (χ1v) is 8.76. The fourth-order valence-corrected chi connectivity index (χ4v) is 3.48. The number of aromatic nitrogens is 4. The van der Waals surface area contributed by atoms with E-state index in [1.807, 2.05) is 25.1 Å². The van der Waals surface area contributed by atoms with E-state index in [4.69, 9.17) is 14.8 Å². The van der Waals surface area contributed by atoms with Crippen LogP contribution in [0.25, 0.3) is 11.5 Å². The van der Waals surface area contributed by atoms with Gasteiger partial charge >= 0.3 is 0 Å². The molecule has 0 atom stereocenters. The standard InChI is InChI=1S/C16H17N5O2S.ClH/c1-10-8-11(20-22-10)9-24-14-12(4-2-7-18-14)13-19-15(21-23-13)16(17)5-3-6-16;/h2,4,7-8H,3,5-6,9,17H2,1H3;1H.